The summed E-state index contributed by atoms with van der Waals surface area (Å²) in [6.07, 6.45) is 1.23. The lowest BCUT2D eigenvalue weighted by Crippen LogP contribution is -2.25. The van der Waals surface area contributed by atoms with Gasteiger partial charge in [-0.1, -0.05) is 6.07 Å². The number of nitrogens with two attached hydrogens (primary N) is 1. The minimum atomic E-state index is -0.174. The third kappa shape index (κ3) is 3.98. The molecule has 0 amide bonds. The first-order valence-corrected chi connectivity index (χ1v) is 7.22. The second kappa shape index (κ2) is 6.38. The largest absolute Gasteiger partial charge is 0.326 e. The fourth-order valence-electron chi connectivity index (χ4n) is 2.14. The SMILES string of the molecule is NCc1cc(F)cc(CN2CCCSCC2)c1. The molecule has 1 aliphatic heterocycles. The third-order valence-electron chi connectivity index (χ3n) is 2.97. The van der Waals surface area contributed by atoms with Crippen molar-refractivity contribution < 1.29 is 4.39 Å². The summed E-state index contributed by atoms with van der Waals surface area (Å²) < 4.78 is 13.4. The molecule has 0 atom stereocenters. The molecule has 0 saturated carbocycles. The summed E-state index contributed by atoms with van der Waals surface area (Å²) in [4.78, 5) is 2.40. The second-order valence-corrected chi connectivity index (χ2v) is 5.64. The van der Waals surface area contributed by atoms with Crippen molar-refractivity contribution in [2.75, 3.05) is 24.6 Å². The Labute approximate surface area is 106 Å². The van der Waals surface area contributed by atoms with Crippen LogP contribution >= 0.6 is 11.8 Å². The number of hydrogen-bond donors (Lipinski definition) is 1. The molecule has 17 heavy (non-hydrogen) atoms. The van der Waals surface area contributed by atoms with E-state index in [9.17, 15) is 4.39 Å². The Morgan fingerprint density at radius 1 is 1.18 bits per heavy atom. The van der Waals surface area contributed by atoms with Crippen LogP contribution < -0.4 is 5.73 Å². The van der Waals surface area contributed by atoms with Crippen molar-refractivity contribution in [1.29, 1.82) is 0 Å². The summed E-state index contributed by atoms with van der Waals surface area (Å²) in [6, 6.07) is 5.15. The van der Waals surface area contributed by atoms with Crippen molar-refractivity contribution >= 4 is 11.8 Å². The topological polar surface area (TPSA) is 29.3 Å². The number of nitrogens with zero attached hydrogens (tertiary/aromatic N) is 1. The molecule has 2 N–H and O–H groups in total. The molecule has 0 bridgehead atoms. The Morgan fingerprint density at radius 2 is 2.00 bits per heavy atom. The van der Waals surface area contributed by atoms with Crippen LogP contribution in [-0.4, -0.2) is 29.5 Å². The molecule has 0 radical (unpaired) electrons. The maximum Gasteiger partial charge on any atom is 0.123 e. The fourth-order valence-corrected chi connectivity index (χ4v) is 3.07. The van der Waals surface area contributed by atoms with Crippen molar-refractivity contribution in [3.05, 3.63) is 35.1 Å². The Kier molecular flexibility index (Phi) is 4.83. The zero-order valence-electron chi connectivity index (χ0n) is 9.99. The van der Waals surface area contributed by atoms with Gasteiger partial charge in [-0.05, 0) is 42.0 Å². The lowest BCUT2D eigenvalue weighted by Gasteiger charge is -2.19. The molecule has 4 heteroatoms. The Bertz CT molecular complexity index is 362. The Hall–Kier alpha value is -0.580. The van der Waals surface area contributed by atoms with Crippen molar-refractivity contribution in [3.63, 3.8) is 0 Å². The lowest BCUT2D eigenvalue weighted by molar-refractivity contribution is 0.287. The van der Waals surface area contributed by atoms with Gasteiger partial charge in [-0.25, -0.2) is 4.39 Å². The summed E-state index contributed by atoms with van der Waals surface area (Å²) in [5, 5.41) is 0. The quantitative estimate of drug-likeness (QED) is 0.897. The molecular formula is C13H19FN2S. The van der Waals surface area contributed by atoms with Crippen molar-refractivity contribution in [1.82, 2.24) is 4.90 Å². The zero-order chi connectivity index (χ0) is 12.1. The van der Waals surface area contributed by atoms with E-state index in [0.717, 1.165) is 30.8 Å². The first-order chi connectivity index (χ1) is 8.28. The van der Waals surface area contributed by atoms with Gasteiger partial charge in [0.1, 0.15) is 5.82 Å². The summed E-state index contributed by atoms with van der Waals surface area (Å²) in [7, 11) is 0. The molecule has 94 valence electrons. The predicted molar refractivity (Wildman–Crippen MR) is 71.5 cm³/mol. The van der Waals surface area contributed by atoms with Gasteiger partial charge in [0.25, 0.3) is 0 Å². The van der Waals surface area contributed by atoms with E-state index in [4.69, 9.17) is 5.73 Å². The number of hydrogen-bond acceptors (Lipinski definition) is 3. The molecule has 1 heterocycles. The number of thioether (sulfide) groups is 1. The third-order valence-corrected chi connectivity index (χ3v) is 4.02. The van der Waals surface area contributed by atoms with E-state index in [2.05, 4.69) is 4.90 Å². The van der Waals surface area contributed by atoms with Crippen LogP contribution in [-0.2, 0) is 13.1 Å². The van der Waals surface area contributed by atoms with Crippen LogP contribution in [0, 0.1) is 5.82 Å². The van der Waals surface area contributed by atoms with Gasteiger partial charge in [-0.2, -0.15) is 11.8 Å². The van der Waals surface area contributed by atoms with Crippen LogP contribution in [0.1, 0.15) is 17.5 Å². The van der Waals surface area contributed by atoms with Gasteiger partial charge in [-0.15, -0.1) is 0 Å². The number of halogens is 1. The molecule has 1 fully saturated rings. The minimum absolute atomic E-state index is 0.174. The summed E-state index contributed by atoms with van der Waals surface area (Å²) >= 11 is 2.01. The van der Waals surface area contributed by atoms with Crippen LogP contribution in [0.15, 0.2) is 18.2 Å². The van der Waals surface area contributed by atoms with Gasteiger partial charge >= 0.3 is 0 Å². The van der Waals surface area contributed by atoms with Gasteiger partial charge in [0, 0.05) is 25.4 Å². The summed E-state index contributed by atoms with van der Waals surface area (Å²) in [5.74, 6) is 2.25. The molecule has 0 spiro atoms. The molecule has 1 aromatic carbocycles. The smallest absolute Gasteiger partial charge is 0.123 e. The van der Waals surface area contributed by atoms with Crippen molar-refractivity contribution in [3.8, 4) is 0 Å². The average Bonchev–Trinajstić information content (AvgIpc) is 2.57. The van der Waals surface area contributed by atoms with Gasteiger partial charge in [0.05, 0.1) is 0 Å². The van der Waals surface area contributed by atoms with E-state index in [1.165, 1.54) is 24.0 Å². The van der Waals surface area contributed by atoms with E-state index < -0.39 is 0 Å². The van der Waals surface area contributed by atoms with E-state index >= 15 is 0 Å². The highest BCUT2D eigenvalue weighted by Crippen LogP contribution is 2.15. The molecular weight excluding hydrogens is 235 g/mol. The van der Waals surface area contributed by atoms with Gasteiger partial charge in [0.15, 0.2) is 0 Å². The van der Waals surface area contributed by atoms with E-state index in [1.807, 2.05) is 17.8 Å². The first-order valence-electron chi connectivity index (χ1n) is 6.06. The first kappa shape index (κ1) is 12.9. The number of benzene rings is 1. The van der Waals surface area contributed by atoms with Crippen LogP contribution in [0.5, 0.6) is 0 Å². The standard InChI is InChI=1S/C13H19FN2S/c14-13-7-11(9-15)6-12(8-13)10-16-2-1-4-17-5-3-16/h6-8H,1-5,9-10,15H2. The number of rotatable bonds is 3. The van der Waals surface area contributed by atoms with E-state index in [-0.39, 0.29) is 5.82 Å². The van der Waals surface area contributed by atoms with Gasteiger partial charge < -0.3 is 5.73 Å². The maximum absolute atomic E-state index is 13.4. The Balaban J connectivity index is 2.03. The van der Waals surface area contributed by atoms with E-state index in [0.29, 0.717) is 6.54 Å². The lowest BCUT2D eigenvalue weighted by atomic mass is 10.1. The highest BCUT2D eigenvalue weighted by atomic mass is 32.2. The summed E-state index contributed by atoms with van der Waals surface area (Å²) in [6.45, 7) is 3.45. The van der Waals surface area contributed by atoms with Crippen molar-refractivity contribution in [2.24, 2.45) is 5.73 Å². The molecule has 1 aliphatic rings. The van der Waals surface area contributed by atoms with Crippen LogP contribution in [0.2, 0.25) is 0 Å². The summed E-state index contributed by atoms with van der Waals surface area (Å²) in [5.41, 5.74) is 7.48. The van der Waals surface area contributed by atoms with Crippen LogP contribution in [0.3, 0.4) is 0 Å². The fraction of sp³-hybridized carbons (Fsp3) is 0.538. The minimum Gasteiger partial charge on any atom is -0.326 e. The molecule has 0 aliphatic carbocycles. The Morgan fingerprint density at radius 3 is 2.82 bits per heavy atom. The molecule has 2 rings (SSSR count). The van der Waals surface area contributed by atoms with Crippen molar-refractivity contribution in [2.45, 2.75) is 19.5 Å². The average molecular weight is 254 g/mol. The van der Waals surface area contributed by atoms with Gasteiger partial charge in [0.2, 0.25) is 0 Å². The second-order valence-electron chi connectivity index (χ2n) is 4.41. The van der Waals surface area contributed by atoms with Crippen LogP contribution in [0.4, 0.5) is 4.39 Å². The normalized spacial score (nSPS) is 18.0. The van der Waals surface area contributed by atoms with Gasteiger partial charge in [-0.3, -0.25) is 4.90 Å². The molecule has 1 saturated heterocycles. The zero-order valence-corrected chi connectivity index (χ0v) is 10.8. The molecule has 2 nitrogen and oxygen atoms in total. The van der Waals surface area contributed by atoms with E-state index in [1.54, 1.807) is 6.07 Å². The maximum atomic E-state index is 13.4. The highest BCUT2D eigenvalue weighted by molar-refractivity contribution is 7.99. The predicted octanol–water partition coefficient (Wildman–Crippen LogP) is 2.22. The molecule has 0 unspecified atom stereocenters. The monoisotopic (exact) mass is 254 g/mol. The van der Waals surface area contributed by atoms with Crippen LogP contribution in [0.25, 0.3) is 0 Å². The molecule has 1 aromatic rings. The molecule has 0 aromatic heterocycles. The highest BCUT2D eigenvalue weighted by Gasteiger charge is 2.10.